The minimum atomic E-state index is -0.541. The van der Waals surface area contributed by atoms with Crippen LogP contribution in [0.4, 0.5) is 10.1 Å². The van der Waals surface area contributed by atoms with Gasteiger partial charge >= 0.3 is 0 Å². The van der Waals surface area contributed by atoms with E-state index in [2.05, 4.69) is 0 Å². The van der Waals surface area contributed by atoms with Gasteiger partial charge in [0.05, 0.1) is 17.8 Å². The number of amides is 1. The summed E-state index contributed by atoms with van der Waals surface area (Å²) in [6, 6.07) is 4.04. The second-order valence-corrected chi connectivity index (χ2v) is 4.71. The molecule has 98 valence electrons. The molecule has 0 bridgehead atoms. The maximum absolute atomic E-state index is 13.6. The number of anilines is 1. The molecule has 18 heavy (non-hydrogen) atoms. The van der Waals surface area contributed by atoms with Gasteiger partial charge in [0.15, 0.2) is 0 Å². The average Bonchev–Trinajstić information content (AvgIpc) is 2.30. The first-order valence-electron chi connectivity index (χ1n) is 5.97. The van der Waals surface area contributed by atoms with Gasteiger partial charge in [-0.05, 0) is 32.0 Å². The Labute approximate surface area is 106 Å². The highest BCUT2D eigenvalue weighted by molar-refractivity contribution is 5.95. The van der Waals surface area contributed by atoms with Crippen LogP contribution in [0.1, 0.15) is 24.2 Å². The summed E-state index contributed by atoms with van der Waals surface area (Å²) in [4.78, 5) is 13.8. The number of carbonyl (C=O) groups excluding carboxylic acids is 1. The van der Waals surface area contributed by atoms with Crippen molar-refractivity contribution < 1.29 is 13.9 Å². The van der Waals surface area contributed by atoms with Gasteiger partial charge in [-0.15, -0.1) is 0 Å². The van der Waals surface area contributed by atoms with E-state index in [-0.39, 0.29) is 23.7 Å². The van der Waals surface area contributed by atoms with E-state index in [9.17, 15) is 9.18 Å². The number of benzene rings is 1. The Bertz CT molecular complexity index is 454. The van der Waals surface area contributed by atoms with Crippen molar-refractivity contribution in [3.05, 3.63) is 29.6 Å². The molecule has 1 fully saturated rings. The quantitative estimate of drug-likeness (QED) is 0.773. The molecule has 4 nitrogen and oxygen atoms in total. The van der Waals surface area contributed by atoms with Gasteiger partial charge in [0.25, 0.3) is 5.91 Å². The lowest BCUT2D eigenvalue weighted by Gasteiger charge is -2.35. The third-order valence-electron chi connectivity index (χ3n) is 2.93. The van der Waals surface area contributed by atoms with Crippen LogP contribution < -0.4 is 5.73 Å². The first-order chi connectivity index (χ1) is 8.47. The number of carbonyl (C=O) groups is 1. The van der Waals surface area contributed by atoms with E-state index in [1.807, 2.05) is 13.8 Å². The number of nitrogens with zero attached hydrogens (tertiary/aromatic N) is 1. The fraction of sp³-hybridized carbons (Fsp3) is 0.462. The van der Waals surface area contributed by atoms with Crippen molar-refractivity contribution in [2.45, 2.75) is 26.1 Å². The molecule has 5 heteroatoms. The maximum Gasteiger partial charge on any atom is 0.257 e. The van der Waals surface area contributed by atoms with Gasteiger partial charge in [0.1, 0.15) is 5.82 Å². The van der Waals surface area contributed by atoms with Crippen molar-refractivity contribution in [1.82, 2.24) is 4.90 Å². The zero-order valence-electron chi connectivity index (χ0n) is 10.5. The molecule has 0 aromatic heterocycles. The van der Waals surface area contributed by atoms with E-state index in [1.54, 1.807) is 4.90 Å². The summed E-state index contributed by atoms with van der Waals surface area (Å²) < 4.78 is 19.2. The lowest BCUT2D eigenvalue weighted by molar-refractivity contribution is -0.0587. The molecule has 1 aliphatic heterocycles. The molecule has 1 aliphatic rings. The molecular weight excluding hydrogens is 235 g/mol. The van der Waals surface area contributed by atoms with Crippen LogP contribution in [-0.2, 0) is 4.74 Å². The summed E-state index contributed by atoms with van der Waals surface area (Å²) in [6.07, 6.45) is -0.0800. The van der Waals surface area contributed by atoms with Crippen LogP contribution in [0.15, 0.2) is 18.2 Å². The maximum atomic E-state index is 13.6. The van der Waals surface area contributed by atoms with Crippen molar-refractivity contribution in [3.8, 4) is 0 Å². The molecule has 0 spiro atoms. The average molecular weight is 252 g/mol. The summed E-state index contributed by atoms with van der Waals surface area (Å²) in [7, 11) is 0. The third kappa shape index (κ3) is 2.61. The molecule has 1 aromatic carbocycles. The fourth-order valence-corrected chi connectivity index (χ4v) is 2.22. The standard InChI is InChI=1S/C13H17FN2O2/c1-8-6-16(7-9(2)18-8)13(17)11-5-10(15)3-4-12(11)14/h3-5,8-9H,6-7,15H2,1-2H3. The van der Waals surface area contributed by atoms with E-state index in [1.165, 1.54) is 18.2 Å². The summed E-state index contributed by atoms with van der Waals surface area (Å²) in [5.41, 5.74) is 6.00. The number of hydrogen-bond acceptors (Lipinski definition) is 3. The zero-order chi connectivity index (χ0) is 13.3. The number of halogens is 1. The van der Waals surface area contributed by atoms with Gasteiger partial charge in [0, 0.05) is 18.8 Å². The third-order valence-corrected chi connectivity index (χ3v) is 2.93. The molecule has 0 aliphatic carbocycles. The lowest BCUT2D eigenvalue weighted by atomic mass is 10.1. The van der Waals surface area contributed by atoms with Crippen LogP contribution in [0.25, 0.3) is 0 Å². The van der Waals surface area contributed by atoms with Gasteiger partial charge in [-0.25, -0.2) is 4.39 Å². The largest absolute Gasteiger partial charge is 0.399 e. The number of rotatable bonds is 1. The second-order valence-electron chi connectivity index (χ2n) is 4.71. The van der Waals surface area contributed by atoms with Crippen LogP contribution in [0.3, 0.4) is 0 Å². The molecule has 2 rings (SSSR count). The Kier molecular flexibility index (Phi) is 3.52. The highest BCUT2D eigenvalue weighted by Gasteiger charge is 2.27. The number of morpholine rings is 1. The minimum Gasteiger partial charge on any atom is -0.399 e. The summed E-state index contributed by atoms with van der Waals surface area (Å²) >= 11 is 0. The predicted molar refractivity (Wildman–Crippen MR) is 66.7 cm³/mol. The Hall–Kier alpha value is -1.62. The molecule has 2 unspecified atom stereocenters. The van der Waals surface area contributed by atoms with E-state index in [0.717, 1.165) is 0 Å². The molecule has 1 heterocycles. The van der Waals surface area contributed by atoms with Gasteiger partial charge in [0.2, 0.25) is 0 Å². The lowest BCUT2D eigenvalue weighted by Crippen LogP contribution is -2.48. The number of ether oxygens (including phenoxy) is 1. The van der Waals surface area contributed by atoms with Gasteiger partial charge in [-0.2, -0.15) is 0 Å². The molecule has 1 saturated heterocycles. The van der Waals surface area contributed by atoms with Crippen LogP contribution >= 0.6 is 0 Å². The van der Waals surface area contributed by atoms with Crippen molar-refractivity contribution in [1.29, 1.82) is 0 Å². The highest BCUT2D eigenvalue weighted by atomic mass is 19.1. The number of nitrogens with two attached hydrogens (primary N) is 1. The van der Waals surface area contributed by atoms with E-state index < -0.39 is 5.82 Å². The zero-order valence-corrected chi connectivity index (χ0v) is 10.5. The molecule has 2 N–H and O–H groups in total. The number of hydrogen-bond donors (Lipinski definition) is 1. The molecule has 1 amide bonds. The van der Waals surface area contributed by atoms with Gasteiger partial charge in [-0.3, -0.25) is 4.79 Å². The minimum absolute atomic E-state index is 0.0244. The van der Waals surface area contributed by atoms with Crippen LogP contribution in [0.2, 0.25) is 0 Å². The van der Waals surface area contributed by atoms with Crippen LogP contribution in [0, 0.1) is 5.82 Å². The second kappa shape index (κ2) is 4.94. The molecule has 2 atom stereocenters. The Morgan fingerprint density at radius 1 is 1.39 bits per heavy atom. The van der Waals surface area contributed by atoms with Crippen LogP contribution in [-0.4, -0.2) is 36.1 Å². The molecule has 0 saturated carbocycles. The summed E-state index contributed by atoms with van der Waals surface area (Å²) in [5, 5.41) is 0. The van der Waals surface area contributed by atoms with Crippen molar-refractivity contribution >= 4 is 11.6 Å². The first-order valence-corrected chi connectivity index (χ1v) is 5.97. The fourth-order valence-electron chi connectivity index (χ4n) is 2.22. The molecular formula is C13H17FN2O2. The molecule has 1 aromatic rings. The highest BCUT2D eigenvalue weighted by Crippen LogP contribution is 2.18. The van der Waals surface area contributed by atoms with Crippen LogP contribution in [0.5, 0.6) is 0 Å². The Morgan fingerprint density at radius 2 is 2.00 bits per heavy atom. The van der Waals surface area contributed by atoms with E-state index >= 15 is 0 Å². The van der Waals surface area contributed by atoms with Gasteiger partial charge < -0.3 is 15.4 Å². The van der Waals surface area contributed by atoms with Crippen molar-refractivity contribution in [3.63, 3.8) is 0 Å². The van der Waals surface area contributed by atoms with Crippen molar-refractivity contribution in [2.75, 3.05) is 18.8 Å². The predicted octanol–water partition coefficient (Wildman–Crippen LogP) is 1.66. The Morgan fingerprint density at radius 3 is 2.61 bits per heavy atom. The number of nitrogen functional groups attached to an aromatic ring is 1. The van der Waals surface area contributed by atoms with E-state index in [4.69, 9.17) is 10.5 Å². The molecule has 0 radical (unpaired) electrons. The van der Waals surface area contributed by atoms with Crippen molar-refractivity contribution in [2.24, 2.45) is 0 Å². The normalized spacial score (nSPS) is 24.1. The monoisotopic (exact) mass is 252 g/mol. The smallest absolute Gasteiger partial charge is 0.257 e. The van der Waals surface area contributed by atoms with Gasteiger partial charge in [-0.1, -0.05) is 0 Å². The summed E-state index contributed by atoms with van der Waals surface area (Å²) in [5.74, 6) is -0.872. The summed E-state index contributed by atoms with van der Waals surface area (Å²) in [6.45, 7) is 4.73. The Balaban J connectivity index is 2.22. The van der Waals surface area contributed by atoms with E-state index in [0.29, 0.717) is 18.8 Å². The topological polar surface area (TPSA) is 55.6 Å². The SMILES string of the molecule is CC1CN(C(=O)c2cc(N)ccc2F)CC(C)O1. The first kappa shape index (κ1) is 12.8.